The van der Waals surface area contributed by atoms with Gasteiger partial charge in [-0.25, -0.2) is 9.59 Å². The first-order chi connectivity index (χ1) is 39.1. The van der Waals surface area contributed by atoms with Crippen molar-refractivity contribution in [1.29, 1.82) is 0 Å². The monoisotopic (exact) mass is 1140 g/mol. The molecular formula is C64H82N8O11. The third kappa shape index (κ3) is 16.7. The minimum Gasteiger partial charge on any atom is -0.508 e. The summed E-state index contributed by atoms with van der Waals surface area (Å²) in [6.45, 7) is 20.3. The molecule has 7 N–H and O–H groups in total. The third-order valence-corrected chi connectivity index (χ3v) is 15.1. The fraction of sp³-hybridized carbons (Fsp3) is 0.469. The number of H-pyrrole nitrogens is 1. The Labute approximate surface area is 486 Å². The Balaban J connectivity index is 0.951. The van der Waals surface area contributed by atoms with Crippen molar-refractivity contribution in [2.24, 2.45) is 0 Å². The molecule has 444 valence electrons. The van der Waals surface area contributed by atoms with Crippen LogP contribution < -0.4 is 26.8 Å². The van der Waals surface area contributed by atoms with Crippen LogP contribution in [0.25, 0.3) is 0 Å². The van der Waals surface area contributed by atoms with Gasteiger partial charge in [0.15, 0.2) is 0 Å². The number of carbonyl (C=O) groups excluding carboxylic acids is 6. The maximum atomic E-state index is 14.8. The van der Waals surface area contributed by atoms with Crippen molar-refractivity contribution in [2.45, 2.75) is 182 Å². The number of alkyl carbamates (subject to hydrolysis) is 2. The summed E-state index contributed by atoms with van der Waals surface area (Å²) >= 11 is 0. The molecule has 5 aromatic rings. The van der Waals surface area contributed by atoms with Crippen LogP contribution in [0, 0.1) is 34.6 Å². The molecule has 0 saturated carbocycles. The van der Waals surface area contributed by atoms with E-state index >= 15 is 0 Å². The second kappa shape index (κ2) is 26.8. The van der Waals surface area contributed by atoms with E-state index in [2.05, 4.69) is 31.2 Å². The number of fused-ring (bicyclic) bond motifs is 2. The fourth-order valence-corrected chi connectivity index (χ4v) is 11.0. The van der Waals surface area contributed by atoms with Gasteiger partial charge in [-0.2, -0.15) is 0 Å². The second-order valence-electron chi connectivity index (χ2n) is 24.1. The zero-order valence-corrected chi connectivity index (χ0v) is 49.8. The van der Waals surface area contributed by atoms with Crippen molar-refractivity contribution < 1.29 is 48.5 Å². The summed E-state index contributed by atoms with van der Waals surface area (Å²) in [7, 11) is 0. The zero-order valence-electron chi connectivity index (χ0n) is 49.8. The van der Waals surface area contributed by atoms with E-state index in [0.29, 0.717) is 49.2 Å². The van der Waals surface area contributed by atoms with Crippen LogP contribution >= 0.6 is 0 Å². The van der Waals surface area contributed by atoms with Crippen molar-refractivity contribution in [1.82, 2.24) is 41.0 Å². The molecule has 0 bridgehead atoms. The molecule has 0 aliphatic carbocycles. The van der Waals surface area contributed by atoms with E-state index in [0.717, 1.165) is 55.6 Å². The third-order valence-electron chi connectivity index (χ3n) is 15.1. The zero-order chi connectivity index (χ0) is 60.5. The molecule has 2 aliphatic heterocycles. The van der Waals surface area contributed by atoms with Crippen LogP contribution in [0.5, 0.6) is 11.5 Å². The lowest BCUT2D eigenvalue weighted by Gasteiger charge is -2.38. The van der Waals surface area contributed by atoms with Crippen LogP contribution in [0.3, 0.4) is 0 Å². The molecule has 83 heavy (non-hydrogen) atoms. The SMILES string of the molecule is Cc1cc(O)cc(C)c1C[C@H](NC(=O)OC(C)(C)C)C(=O)N1Cc2ccccc2C[C@H]1C(=O)NCCCCc1nc(C)c(CCCNC(=O)[C@@H]2Cc3ccccc3CN2C(=O)[C@H](Cc2c(C)cc(O)cc2C)NC(=O)OC(C)(C)C)[nH]c1=O. The topological polar surface area (TPSA) is 262 Å². The number of ether oxygens (including phenoxy) is 2. The quantitative estimate of drug-likeness (QED) is 0.0400. The molecular weight excluding hydrogens is 1060 g/mol. The number of benzene rings is 4. The number of nitrogens with zero attached hydrogens (tertiary/aromatic N) is 3. The standard InChI is InChI=1S/C64H82N8O11/c1-37-27-46(73)28-38(2)48(37)33-52(69-61(80)82-63(6,7)8)59(78)71-35-44-21-14-12-19-42(44)31-54(71)57(76)65-25-17-16-23-51-56(75)68-50(41(5)67-51)24-18-26-66-58(77)55-32-43-20-13-15-22-45(43)36-72(55)60(79)53(70-62(81)83-64(9,10)11)34-49-39(3)29-47(74)30-40(49)4/h12-15,19-22,27-30,52-55,73-74H,16-18,23-26,31-36H2,1-11H3,(H,65,76)(H,66,77)(H,68,75)(H,69,80)(H,70,81)/t52-,53-,54-,55-/m0/s1. The number of hydrogen-bond donors (Lipinski definition) is 7. The molecule has 3 heterocycles. The lowest BCUT2D eigenvalue weighted by molar-refractivity contribution is -0.143. The Morgan fingerprint density at radius 2 is 1.00 bits per heavy atom. The van der Waals surface area contributed by atoms with Gasteiger partial charge >= 0.3 is 12.2 Å². The lowest BCUT2D eigenvalue weighted by Crippen LogP contribution is -2.58. The largest absolute Gasteiger partial charge is 0.508 e. The summed E-state index contributed by atoms with van der Waals surface area (Å²) in [6, 6.07) is 17.7. The first-order valence-corrected chi connectivity index (χ1v) is 28.6. The number of carbonyl (C=O) groups is 6. The number of hydrogen-bond acceptors (Lipinski definition) is 12. The number of aromatic nitrogens is 2. The summed E-state index contributed by atoms with van der Waals surface area (Å²) < 4.78 is 11.2. The molecule has 2 aliphatic rings. The van der Waals surface area contributed by atoms with Crippen LogP contribution in [0.2, 0.25) is 0 Å². The molecule has 19 nitrogen and oxygen atoms in total. The molecule has 1 aromatic heterocycles. The van der Waals surface area contributed by atoms with E-state index in [-0.39, 0.29) is 80.7 Å². The van der Waals surface area contributed by atoms with E-state index in [1.807, 2.05) is 83.1 Å². The van der Waals surface area contributed by atoms with Crippen LogP contribution in [0.4, 0.5) is 9.59 Å². The smallest absolute Gasteiger partial charge is 0.408 e. The summed E-state index contributed by atoms with van der Waals surface area (Å²) in [4.78, 5) is 108. The number of amides is 6. The Bertz CT molecular complexity index is 3240. The van der Waals surface area contributed by atoms with Gasteiger partial charge in [-0.15, -0.1) is 0 Å². The number of aromatic hydroxyl groups is 2. The van der Waals surface area contributed by atoms with Crippen molar-refractivity contribution >= 4 is 35.8 Å². The molecule has 0 saturated heterocycles. The highest BCUT2D eigenvalue weighted by molar-refractivity contribution is 5.93. The Hall–Kier alpha value is -8.22. The summed E-state index contributed by atoms with van der Waals surface area (Å²) in [5, 5.41) is 32.1. The lowest BCUT2D eigenvalue weighted by atomic mass is 9.91. The Morgan fingerprint density at radius 3 is 1.41 bits per heavy atom. The Kier molecular flexibility index (Phi) is 20.1. The average Bonchev–Trinajstić information content (AvgIpc) is 3.40. The van der Waals surface area contributed by atoms with Gasteiger partial charge in [0, 0.05) is 57.6 Å². The van der Waals surface area contributed by atoms with Gasteiger partial charge < -0.3 is 55.7 Å². The van der Waals surface area contributed by atoms with E-state index < -0.39 is 59.4 Å². The van der Waals surface area contributed by atoms with E-state index in [4.69, 9.17) is 9.47 Å². The van der Waals surface area contributed by atoms with Crippen molar-refractivity contribution in [2.75, 3.05) is 13.1 Å². The van der Waals surface area contributed by atoms with E-state index in [9.17, 15) is 43.8 Å². The molecule has 4 atom stereocenters. The highest BCUT2D eigenvalue weighted by Crippen LogP contribution is 2.30. The molecule has 7 rings (SSSR count). The molecule has 6 amide bonds. The maximum absolute atomic E-state index is 14.8. The summed E-state index contributed by atoms with van der Waals surface area (Å²) in [5.41, 5.74) is 7.81. The van der Waals surface area contributed by atoms with E-state index in [1.165, 1.54) is 9.80 Å². The molecule has 0 unspecified atom stereocenters. The maximum Gasteiger partial charge on any atom is 0.408 e. The highest BCUT2D eigenvalue weighted by Gasteiger charge is 2.41. The fourth-order valence-electron chi connectivity index (χ4n) is 11.0. The predicted octanol–water partition coefficient (Wildman–Crippen LogP) is 7.39. The average molecular weight is 1140 g/mol. The number of rotatable bonds is 19. The highest BCUT2D eigenvalue weighted by atomic mass is 16.6. The summed E-state index contributed by atoms with van der Waals surface area (Å²) in [5.74, 6) is -1.44. The Morgan fingerprint density at radius 1 is 0.602 bits per heavy atom. The van der Waals surface area contributed by atoms with E-state index in [1.54, 1.807) is 65.8 Å². The van der Waals surface area contributed by atoms with Gasteiger partial charge in [0.05, 0.1) is 5.69 Å². The first-order valence-electron chi connectivity index (χ1n) is 28.6. The number of nitrogens with one attached hydrogen (secondary N) is 5. The van der Waals surface area contributed by atoms with Gasteiger partial charge in [-0.1, -0.05) is 48.5 Å². The van der Waals surface area contributed by atoms with Gasteiger partial charge in [0.25, 0.3) is 5.56 Å². The molecule has 4 aromatic carbocycles. The van der Waals surface area contributed by atoms with Crippen molar-refractivity contribution in [3.63, 3.8) is 0 Å². The van der Waals surface area contributed by atoms with Crippen LogP contribution in [0.15, 0.2) is 77.6 Å². The minimum absolute atomic E-state index is 0.0881. The number of phenolic OH excluding ortho intramolecular Hbond substituents is 2. The van der Waals surface area contributed by atoms with Gasteiger partial charge in [-0.05, 0) is 188 Å². The van der Waals surface area contributed by atoms with Crippen molar-refractivity contribution in [3.05, 3.63) is 156 Å². The normalized spacial score (nSPS) is 15.7. The van der Waals surface area contributed by atoms with Crippen LogP contribution in [-0.4, -0.2) is 114 Å². The van der Waals surface area contributed by atoms with Gasteiger partial charge in [-0.3, -0.25) is 29.0 Å². The van der Waals surface area contributed by atoms with Gasteiger partial charge in [0.2, 0.25) is 23.6 Å². The molecule has 19 heteroatoms. The first kappa shape index (κ1) is 62.4. The molecule has 0 fully saturated rings. The van der Waals surface area contributed by atoms with Crippen LogP contribution in [0.1, 0.15) is 134 Å². The number of aryl methyl sites for hydroxylation is 7. The predicted molar refractivity (Wildman–Crippen MR) is 315 cm³/mol. The molecule has 0 spiro atoms. The van der Waals surface area contributed by atoms with Crippen LogP contribution in [-0.2, 0) is 80.3 Å². The second-order valence-corrected chi connectivity index (χ2v) is 24.1. The number of aromatic amines is 1. The number of phenols is 2. The summed E-state index contributed by atoms with van der Waals surface area (Å²) in [6.07, 6.45) is 1.41. The van der Waals surface area contributed by atoms with Gasteiger partial charge in [0.1, 0.15) is 52.6 Å². The molecule has 0 radical (unpaired) electrons. The number of unbranched alkanes of at least 4 members (excludes halogenated alkanes) is 1. The van der Waals surface area contributed by atoms with Crippen molar-refractivity contribution in [3.8, 4) is 11.5 Å². The minimum atomic E-state index is -1.10.